The van der Waals surface area contributed by atoms with Gasteiger partial charge < -0.3 is 9.73 Å². The maximum atomic E-state index is 11.9. The average Bonchev–Trinajstić information content (AvgIpc) is 2.90. The number of alkyl halides is 1. The van der Waals surface area contributed by atoms with E-state index in [2.05, 4.69) is 5.32 Å². The largest absolute Gasteiger partial charge is 0.469 e. The van der Waals surface area contributed by atoms with Crippen LogP contribution in [0.15, 0.2) is 22.8 Å². The van der Waals surface area contributed by atoms with Crippen molar-refractivity contribution < 1.29 is 9.21 Å². The molecule has 100 valence electrons. The summed E-state index contributed by atoms with van der Waals surface area (Å²) in [4.78, 5) is 11.9. The molecule has 0 aliphatic heterocycles. The molecule has 1 aromatic heterocycles. The van der Waals surface area contributed by atoms with Gasteiger partial charge in [-0.05, 0) is 30.9 Å². The fourth-order valence-corrected chi connectivity index (χ4v) is 2.92. The third-order valence-electron chi connectivity index (χ3n) is 3.63. The van der Waals surface area contributed by atoms with Crippen LogP contribution in [0.1, 0.15) is 37.9 Å². The number of hydrogen-bond donors (Lipinski definition) is 1. The molecule has 4 heteroatoms. The van der Waals surface area contributed by atoms with Gasteiger partial charge in [0.05, 0.1) is 6.26 Å². The van der Waals surface area contributed by atoms with Gasteiger partial charge in [0.2, 0.25) is 5.91 Å². The molecule has 18 heavy (non-hydrogen) atoms. The molecular weight excluding hydrogens is 250 g/mol. The Kier molecular flexibility index (Phi) is 5.12. The van der Waals surface area contributed by atoms with E-state index < -0.39 is 0 Å². The van der Waals surface area contributed by atoms with Gasteiger partial charge in [0, 0.05) is 24.8 Å². The van der Waals surface area contributed by atoms with Crippen molar-refractivity contribution in [1.29, 1.82) is 0 Å². The SMILES string of the molecule is O=C(CCc1ccco1)NC1CCCCC1CCl. The van der Waals surface area contributed by atoms with Crippen LogP contribution in [0.4, 0.5) is 0 Å². The Morgan fingerprint density at radius 2 is 2.28 bits per heavy atom. The van der Waals surface area contributed by atoms with Gasteiger partial charge >= 0.3 is 0 Å². The van der Waals surface area contributed by atoms with Crippen molar-refractivity contribution >= 4 is 17.5 Å². The number of nitrogens with one attached hydrogen (secondary N) is 1. The number of halogens is 1. The number of aryl methyl sites for hydroxylation is 1. The summed E-state index contributed by atoms with van der Waals surface area (Å²) in [6.45, 7) is 0. The summed E-state index contributed by atoms with van der Waals surface area (Å²) in [5, 5.41) is 3.12. The molecule has 1 aliphatic carbocycles. The summed E-state index contributed by atoms with van der Waals surface area (Å²) in [6, 6.07) is 4.01. The van der Waals surface area contributed by atoms with Gasteiger partial charge in [0.15, 0.2) is 0 Å². The lowest BCUT2D eigenvalue weighted by Gasteiger charge is -2.30. The van der Waals surface area contributed by atoms with Gasteiger partial charge in [-0.25, -0.2) is 0 Å². The summed E-state index contributed by atoms with van der Waals surface area (Å²) >= 11 is 5.95. The van der Waals surface area contributed by atoms with Gasteiger partial charge in [-0.15, -0.1) is 11.6 Å². The molecule has 0 bridgehead atoms. The predicted molar refractivity (Wildman–Crippen MR) is 71.6 cm³/mol. The molecule has 2 rings (SSSR count). The van der Waals surface area contributed by atoms with Crippen molar-refractivity contribution in [2.24, 2.45) is 5.92 Å². The van der Waals surface area contributed by atoms with E-state index in [-0.39, 0.29) is 11.9 Å². The molecule has 2 unspecified atom stereocenters. The molecule has 0 radical (unpaired) electrons. The maximum Gasteiger partial charge on any atom is 0.220 e. The van der Waals surface area contributed by atoms with E-state index in [0.717, 1.165) is 18.6 Å². The van der Waals surface area contributed by atoms with Crippen molar-refractivity contribution in [2.75, 3.05) is 5.88 Å². The first-order valence-electron chi connectivity index (χ1n) is 6.67. The van der Waals surface area contributed by atoms with Crippen LogP contribution >= 0.6 is 11.6 Å². The van der Waals surface area contributed by atoms with Crippen LogP contribution in [0.3, 0.4) is 0 Å². The normalized spacial score (nSPS) is 23.8. The van der Waals surface area contributed by atoms with Crippen LogP contribution in [0, 0.1) is 5.92 Å². The second-order valence-corrected chi connectivity index (χ2v) is 5.26. The van der Waals surface area contributed by atoms with Crippen molar-refractivity contribution in [3.63, 3.8) is 0 Å². The highest BCUT2D eigenvalue weighted by atomic mass is 35.5. The molecule has 1 aromatic rings. The van der Waals surface area contributed by atoms with Crippen molar-refractivity contribution in [2.45, 2.75) is 44.6 Å². The van der Waals surface area contributed by atoms with Crippen LogP contribution in [0.2, 0.25) is 0 Å². The minimum Gasteiger partial charge on any atom is -0.469 e. The molecule has 1 N–H and O–H groups in total. The zero-order chi connectivity index (χ0) is 12.8. The average molecular weight is 270 g/mol. The Morgan fingerprint density at radius 3 is 3.00 bits per heavy atom. The van der Waals surface area contributed by atoms with Gasteiger partial charge in [-0.2, -0.15) is 0 Å². The molecule has 1 fully saturated rings. The highest BCUT2D eigenvalue weighted by Gasteiger charge is 2.25. The summed E-state index contributed by atoms with van der Waals surface area (Å²) in [7, 11) is 0. The molecule has 0 aromatic carbocycles. The zero-order valence-electron chi connectivity index (χ0n) is 10.5. The van der Waals surface area contributed by atoms with Crippen molar-refractivity contribution in [3.8, 4) is 0 Å². The van der Waals surface area contributed by atoms with E-state index in [1.165, 1.54) is 12.8 Å². The van der Waals surface area contributed by atoms with Gasteiger partial charge in [-0.3, -0.25) is 4.79 Å². The Balaban J connectivity index is 1.75. The lowest BCUT2D eigenvalue weighted by molar-refractivity contribution is -0.122. The number of carbonyl (C=O) groups is 1. The Morgan fingerprint density at radius 1 is 1.44 bits per heavy atom. The Labute approximate surface area is 113 Å². The van der Waals surface area contributed by atoms with Crippen LogP contribution in [0.5, 0.6) is 0 Å². The smallest absolute Gasteiger partial charge is 0.220 e. The second kappa shape index (κ2) is 6.83. The summed E-state index contributed by atoms with van der Waals surface area (Å²) in [5.74, 6) is 2.05. The number of furan rings is 1. The third-order valence-corrected chi connectivity index (χ3v) is 4.03. The van der Waals surface area contributed by atoms with Crippen molar-refractivity contribution in [1.82, 2.24) is 5.32 Å². The summed E-state index contributed by atoms with van der Waals surface area (Å²) in [6.07, 6.45) is 7.40. The monoisotopic (exact) mass is 269 g/mol. The highest BCUT2D eigenvalue weighted by Crippen LogP contribution is 2.25. The standard InChI is InChI=1S/C14H20ClNO2/c15-10-11-4-1-2-6-13(11)16-14(17)8-7-12-5-3-9-18-12/h3,5,9,11,13H,1-2,4,6-8,10H2,(H,16,17). The molecule has 1 aliphatic rings. The Bertz CT molecular complexity index is 364. The van der Waals surface area contributed by atoms with Gasteiger partial charge in [0.25, 0.3) is 0 Å². The fourth-order valence-electron chi connectivity index (χ4n) is 2.55. The number of hydrogen-bond acceptors (Lipinski definition) is 2. The number of carbonyl (C=O) groups excluding carboxylic acids is 1. The molecular formula is C14H20ClNO2. The van der Waals surface area contributed by atoms with Crippen molar-refractivity contribution in [3.05, 3.63) is 24.2 Å². The quantitative estimate of drug-likeness (QED) is 0.835. The maximum absolute atomic E-state index is 11.9. The molecule has 0 spiro atoms. The first-order valence-corrected chi connectivity index (χ1v) is 7.20. The summed E-state index contributed by atoms with van der Waals surface area (Å²) in [5.41, 5.74) is 0. The molecule has 1 saturated carbocycles. The van der Waals surface area contributed by atoms with E-state index >= 15 is 0 Å². The molecule has 1 amide bonds. The number of rotatable bonds is 5. The van der Waals surface area contributed by atoms with E-state index in [9.17, 15) is 4.79 Å². The fraction of sp³-hybridized carbons (Fsp3) is 0.643. The molecule has 0 saturated heterocycles. The lowest BCUT2D eigenvalue weighted by Crippen LogP contribution is -2.42. The van der Waals surface area contributed by atoms with E-state index in [4.69, 9.17) is 16.0 Å². The van der Waals surface area contributed by atoms with Crippen LogP contribution in [-0.4, -0.2) is 17.8 Å². The number of amides is 1. The van der Waals surface area contributed by atoms with Crippen LogP contribution < -0.4 is 5.32 Å². The predicted octanol–water partition coefficient (Wildman–Crippen LogP) is 3.13. The molecule has 1 heterocycles. The minimum atomic E-state index is 0.105. The topological polar surface area (TPSA) is 42.2 Å². The lowest BCUT2D eigenvalue weighted by atomic mass is 9.85. The first-order chi connectivity index (χ1) is 8.79. The highest BCUT2D eigenvalue weighted by molar-refractivity contribution is 6.18. The van der Waals surface area contributed by atoms with Crippen LogP contribution in [0.25, 0.3) is 0 Å². The molecule has 2 atom stereocenters. The van der Waals surface area contributed by atoms with Gasteiger partial charge in [0.1, 0.15) is 5.76 Å². The van der Waals surface area contributed by atoms with Gasteiger partial charge in [-0.1, -0.05) is 12.8 Å². The molecule has 3 nitrogen and oxygen atoms in total. The second-order valence-electron chi connectivity index (χ2n) is 4.95. The zero-order valence-corrected chi connectivity index (χ0v) is 11.3. The summed E-state index contributed by atoms with van der Waals surface area (Å²) < 4.78 is 5.22. The van der Waals surface area contributed by atoms with E-state index in [1.54, 1.807) is 6.26 Å². The van der Waals surface area contributed by atoms with E-state index in [0.29, 0.717) is 24.6 Å². The van der Waals surface area contributed by atoms with Crippen LogP contribution in [-0.2, 0) is 11.2 Å². The minimum absolute atomic E-state index is 0.105. The third kappa shape index (κ3) is 3.77. The van der Waals surface area contributed by atoms with E-state index in [1.807, 2.05) is 12.1 Å². The first kappa shape index (κ1) is 13.5. The Hall–Kier alpha value is -0.960.